The van der Waals surface area contributed by atoms with Gasteiger partial charge in [0.25, 0.3) is 0 Å². The van der Waals surface area contributed by atoms with Gasteiger partial charge in [-0.25, -0.2) is 17.6 Å². The minimum atomic E-state index is -3.69. The van der Waals surface area contributed by atoms with Crippen LogP contribution in [0, 0.1) is 12.7 Å². The largest absolute Gasteiger partial charge is 0.338 e. The van der Waals surface area contributed by atoms with Crippen LogP contribution in [0.5, 0.6) is 0 Å². The van der Waals surface area contributed by atoms with Gasteiger partial charge in [-0.1, -0.05) is 18.6 Å². The van der Waals surface area contributed by atoms with E-state index in [1.807, 2.05) is 31.2 Å². The van der Waals surface area contributed by atoms with E-state index in [0.29, 0.717) is 25.2 Å². The number of amides is 2. The Balaban J connectivity index is 1.58. The lowest BCUT2D eigenvalue weighted by Crippen LogP contribution is -2.45. The summed E-state index contributed by atoms with van der Waals surface area (Å²) in [5.41, 5.74) is 1.76. The van der Waals surface area contributed by atoms with Crippen molar-refractivity contribution in [3.05, 3.63) is 59.9 Å². The van der Waals surface area contributed by atoms with Crippen molar-refractivity contribution < 1.29 is 17.6 Å². The molecule has 1 aliphatic rings. The highest BCUT2D eigenvalue weighted by molar-refractivity contribution is 7.89. The molecule has 0 bridgehead atoms. The second kappa shape index (κ2) is 9.37. The van der Waals surface area contributed by atoms with E-state index >= 15 is 0 Å². The number of nitrogens with one attached hydrogen (secondary N) is 2. The lowest BCUT2D eigenvalue weighted by atomic mass is 10.0. The monoisotopic (exact) mass is 419 g/mol. The number of aryl methyl sites for hydroxylation is 1. The molecule has 2 aromatic rings. The maximum Gasteiger partial charge on any atom is 0.319 e. The number of piperidine rings is 1. The van der Waals surface area contributed by atoms with Gasteiger partial charge < -0.3 is 10.6 Å². The average molecular weight is 420 g/mol. The zero-order valence-electron chi connectivity index (χ0n) is 16.4. The molecular weight excluding hydrogens is 393 g/mol. The van der Waals surface area contributed by atoms with Gasteiger partial charge in [-0.15, -0.1) is 0 Å². The fraction of sp³-hybridized carbons (Fsp3) is 0.381. The average Bonchev–Trinajstić information content (AvgIpc) is 2.68. The highest BCUT2D eigenvalue weighted by Crippen LogP contribution is 2.27. The van der Waals surface area contributed by atoms with Gasteiger partial charge in [0.05, 0.1) is 4.90 Å². The Morgan fingerprint density at radius 2 is 1.93 bits per heavy atom. The lowest BCUT2D eigenvalue weighted by Gasteiger charge is -2.34. The first-order chi connectivity index (χ1) is 13.9. The second-order valence-corrected chi connectivity index (χ2v) is 9.15. The summed E-state index contributed by atoms with van der Waals surface area (Å²) in [5, 5.41) is 5.57. The third-order valence-electron chi connectivity index (χ3n) is 5.03. The Kier molecular flexibility index (Phi) is 6.87. The molecule has 2 amide bonds. The van der Waals surface area contributed by atoms with Gasteiger partial charge >= 0.3 is 6.03 Å². The molecule has 29 heavy (non-hydrogen) atoms. The van der Waals surface area contributed by atoms with Crippen molar-refractivity contribution in [3.63, 3.8) is 0 Å². The van der Waals surface area contributed by atoms with Crippen LogP contribution >= 0.6 is 0 Å². The molecule has 1 aliphatic heterocycles. The number of sulfonamides is 1. The third kappa shape index (κ3) is 5.55. The predicted molar refractivity (Wildman–Crippen MR) is 111 cm³/mol. The van der Waals surface area contributed by atoms with Gasteiger partial charge in [-0.05, 0) is 68.1 Å². The van der Waals surface area contributed by atoms with Crippen molar-refractivity contribution in [3.8, 4) is 0 Å². The minimum Gasteiger partial charge on any atom is -0.338 e. The van der Waals surface area contributed by atoms with Gasteiger partial charge in [0, 0.05) is 24.8 Å². The summed E-state index contributed by atoms with van der Waals surface area (Å²) in [7, 11) is -3.69. The second-order valence-electron chi connectivity index (χ2n) is 7.26. The van der Waals surface area contributed by atoms with E-state index in [1.165, 1.54) is 16.4 Å². The molecular formula is C21H26FN3O3S. The number of anilines is 1. The summed E-state index contributed by atoms with van der Waals surface area (Å²) in [6.45, 7) is 2.74. The smallest absolute Gasteiger partial charge is 0.319 e. The van der Waals surface area contributed by atoms with E-state index in [9.17, 15) is 17.6 Å². The van der Waals surface area contributed by atoms with Crippen LogP contribution in [0.2, 0.25) is 0 Å². The summed E-state index contributed by atoms with van der Waals surface area (Å²) < 4.78 is 40.6. The summed E-state index contributed by atoms with van der Waals surface area (Å²) >= 11 is 0. The standard InChI is InChI=1S/C21H26FN3O3S/c1-16-5-4-6-18(15-16)24-21(26)23-13-12-19-7-2-3-14-25(19)29(27,28)20-10-8-17(22)9-11-20/h4-6,8-11,15,19H,2-3,7,12-14H2,1H3,(H2,23,24,26)/t19-/m0/s1. The number of carbonyl (C=O) groups excluding carboxylic acids is 1. The third-order valence-corrected chi connectivity index (χ3v) is 7.00. The number of carbonyl (C=O) groups is 1. The first kappa shape index (κ1) is 21.3. The fourth-order valence-corrected chi connectivity index (χ4v) is 5.29. The molecule has 0 saturated carbocycles. The predicted octanol–water partition coefficient (Wildman–Crippen LogP) is 3.89. The first-order valence-electron chi connectivity index (χ1n) is 9.75. The van der Waals surface area contributed by atoms with Crippen molar-refractivity contribution in [1.82, 2.24) is 9.62 Å². The summed E-state index contributed by atoms with van der Waals surface area (Å²) in [5.74, 6) is -0.469. The number of nitrogens with zero attached hydrogens (tertiary/aromatic N) is 1. The van der Waals surface area contributed by atoms with Crippen LogP contribution in [0.3, 0.4) is 0 Å². The maximum absolute atomic E-state index is 13.2. The normalized spacial score (nSPS) is 17.7. The first-order valence-corrected chi connectivity index (χ1v) is 11.2. The van der Waals surface area contributed by atoms with Crippen LogP contribution in [0.25, 0.3) is 0 Å². The van der Waals surface area contributed by atoms with E-state index in [1.54, 1.807) is 0 Å². The van der Waals surface area contributed by atoms with Crippen molar-refractivity contribution in [1.29, 1.82) is 0 Å². The molecule has 0 aliphatic carbocycles. The molecule has 156 valence electrons. The molecule has 0 radical (unpaired) electrons. The molecule has 1 fully saturated rings. The molecule has 1 atom stereocenters. The van der Waals surface area contributed by atoms with E-state index in [2.05, 4.69) is 10.6 Å². The van der Waals surface area contributed by atoms with Gasteiger partial charge in [0.2, 0.25) is 10.0 Å². The van der Waals surface area contributed by atoms with Gasteiger partial charge in [-0.3, -0.25) is 0 Å². The Bertz CT molecular complexity index is 948. The zero-order chi connectivity index (χ0) is 20.9. The van der Waals surface area contributed by atoms with Crippen LogP contribution in [-0.2, 0) is 10.0 Å². The quantitative estimate of drug-likeness (QED) is 0.746. The zero-order valence-corrected chi connectivity index (χ0v) is 17.2. The number of benzene rings is 2. The van der Waals surface area contributed by atoms with Crippen LogP contribution in [0.4, 0.5) is 14.9 Å². The Labute approximate surface area is 171 Å². The molecule has 1 heterocycles. The minimum absolute atomic E-state index is 0.0935. The van der Waals surface area contributed by atoms with Crippen molar-refractivity contribution in [2.75, 3.05) is 18.4 Å². The Morgan fingerprint density at radius 1 is 1.17 bits per heavy atom. The number of rotatable bonds is 6. The maximum atomic E-state index is 13.2. The van der Waals surface area contributed by atoms with E-state index in [0.717, 1.165) is 37.0 Å². The number of urea groups is 1. The van der Waals surface area contributed by atoms with Gasteiger partial charge in [0.1, 0.15) is 5.82 Å². The van der Waals surface area contributed by atoms with E-state index < -0.39 is 15.8 Å². The molecule has 2 aromatic carbocycles. The lowest BCUT2D eigenvalue weighted by molar-refractivity contribution is 0.234. The van der Waals surface area contributed by atoms with Crippen molar-refractivity contribution >= 4 is 21.7 Å². The SMILES string of the molecule is Cc1cccc(NC(=O)NCC[C@@H]2CCCCN2S(=O)(=O)c2ccc(F)cc2)c1. The highest BCUT2D eigenvalue weighted by atomic mass is 32.2. The van der Waals surface area contributed by atoms with E-state index in [-0.39, 0.29) is 17.0 Å². The fourth-order valence-electron chi connectivity index (χ4n) is 3.57. The van der Waals surface area contributed by atoms with E-state index in [4.69, 9.17) is 0 Å². The molecule has 8 heteroatoms. The number of hydrogen-bond acceptors (Lipinski definition) is 3. The van der Waals surface area contributed by atoms with Crippen LogP contribution in [0.15, 0.2) is 53.4 Å². The topological polar surface area (TPSA) is 78.5 Å². The van der Waals surface area contributed by atoms with Gasteiger partial charge in [-0.2, -0.15) is 4.31 Å². The van der Waals surface area contributed by atoms with Crippen molar-refractivity contribution in [2.24, 2.45) is 0 Å². The van der Waals surface area contributed by atoms with Gasteiger partial charge in [0.15, 0.2) is 0 Å². The highest BCUT2D eigenvalue weighted by Gasteiger charge is 2.33. The molecule has 0 unspecified atom stereocenters. The van der Waals surface area contributed by atoms with Crippen LogP contribution in [-0.4, -0.2) is 37.9 Å². The molecule has 2 N–H and O–H groups in total. The molecule has 6 nitrogen and oxygen atoms in total. The Morgan fingerprint density at radius 3 is 2.66 bits per heavy atom. The summed E-state index contributed by atoms with van der Waals surface area (Å²) in [4.78, 5) is 12.2. The molecule has 1 saturated heterocycles. The molecule has 0 aromatic heterocycles. The summed E-state index contributed by atoms with van der Waals surface area (Å²) in [6.07, 6.45) is 2.98. The van der Waals surface area contributed by atoms with Crippen molar-refractivity contribution in [2.45, 2.75) is 43.5 Å². The molecule has 0 spiro atoms. The Hall–Kier alpha value is -2.45. The number of halogens is 1. The number of hydrogen-bond donors (Lipinski definition) is 2. The molecule has 3 rings (SSSR count). The summed E-state index contributed by atoms with van der Waals surface area (Å²) in [6, 6.07) is 11.9. The van der Waals surface area contributed by atoms with Crippen LogP contribution < -0.4 is 10.6 Å². The van der Waals surface area contributed by atoms with Crippen LogP contribution in [0.1, 0.15) is 31.2 Å².